The van der Waals surface area contributed by atoms with E-state index in [9.17, 15) is 14.0 Å². The Bertz CT molecular complexity index is 981. The molecule has 1 aliphatic heterocycles. The number of amides is 1. The molecule has 0 spiro atoms. The van der Waals surface area contributed by atoms with Crippen molar-refractivity contribution in [2.24, 2.45) is 0 Å². The Hall–Kier alpha value is -2.80. The van der Waals surface area contributed by atoms with E-state index < -0.39 is 23.7 Å². The van der Waals surface area contributed by atoms with Crippen molar-refractivity contribution in [3.8, 4) is 11.5 Å². The number of esters is 1. The third kappa shape index (κ3) is 4.93. The van der Waals surface area contributed by atoms with Crippen LogP contribution >= 0.6 is 11.6 Å². The lowest BCUT2D eigenvalue weighted by Crippen LogP contribution is -2.42. The fraction of sp³-hybridized carbons (Fsp3) is 0.391. The number of hydrogen-bond acceptors (Lipinski definition) is 5. The Kier molecular flexibility index (Phi) is 7.38. The van der Waals surface area contributed by atoms with Gasteiger partial charge in [-0.3, -0.25) is 4.79 Å². The molecule has 8 heteroatoms. The van der Waals surface area contributed by atoms with Crippen molar-refractivity contribution in [3.63, 3.8) is 0 Å². The van der Waals surface area contributed by atoms with Crippen LogP contribution in [0.5, 0.6) is 11.5 Å². The lowest BCUT2D eigenvalue weighted by molar-refractivity contribution is -0.148. The molecule has 0 bridgehead atoms. The molecule has 1 heterocycles. The number of aryl methyl sites for hydroxylation is 1. The Morgan fingerprint density at radius 3 is 2.61 bits per heavy atom. The fourth-order valence-corrected chi connectivity index (χ4v) is 3.88. The van der Waals surface area contributed by atoms with Gasteiger partial charge in [0.25, 0.3) is 5.91 Å². The number of likely N-dealkylation sites (tertiary alicyclic amines) is 1. The van der Waals surface area contributed by atoms with Gasteiger partial charge in [-0.2, -0.15) is 0 Å². The molecule has 0 aromatic heterocycles. The van der Waals surface area contributed by atoms with Crippen LogP contribution < -0.4 is 9.47 Å². The first-order chi connectivity index (χ1) is 14.9. The molecule has 0 unspecified atom stereocenters. The van der Waals surface area contributed by atoms with Gasteiger partial charge in [-0.15, -0.1) is 0 Å². The number of ether oxygens (including phenoxy) is 3. The molecule has 2 aromatic rings. The summed E-state index contributed by atoms with van der Waals surface area (Å²) in [6.07, 6.45) is 1.57. The fourth-order valence-electron chi connectivity index (χ4n) is 3.65. The van der Waals surface area contributed by atoms with Crippen molar-refractivity contribution in [2.75, 3.05) is 27.4 Å². The second-order valence-electron chi connectivity index (χ2n) is 7.32. The second kappa shape index (κ2) is 10.0. The van der Waals surface area contributed by atoms with Gasteiger partial charge in [0.05, 0.1) is 31.4 Å². The maximum atomic E-state index is 14.5. The molecular formula is C23H25ClFNO5. The Morgan fingerprint density at radius 1 is 1.16 bits per heavy atom. The van der Waals surface area contributed by atoms with E-state index in [0.29, 0.717) is 42.9 Å². The molecule has 1 saturated heterocycles. The van der Waals surface area contributed by atoms with Crippen LogP contribution in [-0.4, -0.2) is 50.2 Å². The number of hydrogen-bond donors (Lipinski definition) is 0. The monoisotopic (exact) mass is 449 g/mol. The Balaban J connectivity index is 1.64. The highest BCUT2D eigenvalue weighted by atomic mass is 35.5. The minimum Gasteiger partial charge on any atom is -0.493 e. The van der Waals surface area contributed by atoms with Crippen molar-refractivity contribution in [1.82, 2.24) is 4.90 Å². The average Bonchev–Trinajstić information content (AvgIpc) is 3.26. The number of rotatable bonds is 7. The highest BCUT2D eigenvalue weighted by Crippen LogP contribution is 2.29. The highest BCUT2D eigenvalue weighted by Gasteiger charge is 2.37. The molecule has 0 saturated carbocycles. The minimum atomic E-state index is -0.756. The maximum Gasteiger partial charge on any atom is 0.328 e. The Morgan fingerprint density at radius 2 is 1.90 bits per heavy atom. The van der Waals surface area contributed by atoms with E-state index in [2.05, 4.69) is 0 Å². The summed E-state index contributed by atoms with van der Waals surface area (Å²) in [5.74, 6) is -0.549. The van der Waals surface area contributed by atoms with Gasteiger partial charge in [-0.25, -0.2) is 9.18 Å². The average molecular weight is 450 g/mol. The lowest BCUT2D eigenvalue weighted by Gasteiger charge is -2.24. The second-order valence-corrected chi connectivity index (χ2v) is 7.72. The molecule has 1 amide bonds. The van der Waals surface area contributed by atoms with Gasteiger partial charge in [0.15, 0.2) is 11.5 Å². The van der Waals surface area contributed by atoms with Crippen LogP contribution in [-0.2, 0) is 16.0 Å². The Labute approximate surface area is 185 Å². The molecule has 0 aliphatic carbocycles. The quantitative estimate of drug-likeness (QED) is 0.593. The first-order valence-corrected chi connectivity index (χ1v) is 10.4. The van der Waals surface area contributed by atoms with Gasteiger partial charge < -0.3 is 19.1 Å². The number of nitrogens with zero attached hydrogens (tertiary/aromatic N) is 1. The van der Waals surface area contributed by atoms with Crippen molar-refractivity contribution < 1.29 is 28.2 Å². The molecule has 6 nitrogen and oxygen atoms in total. The van der Waals surface area contributed by atoms with Crippen molar-refractivity contribution >= 4 is 23.5 Å². The number of carbonyl (C=O) groups is 2. The standard InChI is InChI=1S/C23H25ClFNO5/c1-14-6-8-16(24)20(21(14)25)22(27)26-11-4-5-17(26)23(28)31-12-10-15-7-9-18(29-2)19(13-15)30-3/h6-9,13,17H,4-5,10-12H2,1-3H3/t17-/m0/s1. The largest absolute Gasteiger partial charge is 0.493 e. The van der Waals surface area contributed by atoms with Crippen LogP contribution in [0, 0.1) is 12.7 Å². The normalized spacial score (nSPS) is 15.6. The van der Waals surface area contributed by atoms with E-state index in [4.69, 9.17) is 25.8 Å². The molecule has 0 N–H and O–H groups in total. The van der Waals surface area contributed by atoms with Crippen molar-refractivity contribution in [2.45, 2.75) is 32.2 Å². The van der Waals surface area contributed by atoms with Gasteiger partial charge >= 0.3 is 5.97 Å². The topological polar surface area (TPSA) is 65.1 Å². The predicted octanol–water partition coefficient (Wildman–Crippen LogP) is 4.20. The molecule has 0 radical (unpaired) electrons. The molecule has 1 fully saturated rings. The SMILES string of the molecule is COc1ccc(CCOC(=O)[C@@H]2CCCN2C(=O)c2c(Cl)ccc(C)c2F)cc1OC. The summed E-state index contributed by atoms with van der Waals surface area (Å²) in [6.45, 7) is 2.05. The van der Waals surface area contributed by atoms with Gasteiger partial charge in [0.1, 0.15) is 11.9 Å². The van der Waals surface area contributed by atoms with Gasteiger partial charge in [-0.1, -0.05) is 23.7 Å². The molecular weight excluding hydrogens is 425 g/mol. The van der Waals surface area contributed by atoms with E-state index in [1.54, 1.807) is 27.2 Å². The third-order valence-corrected chi connectivity index (χ3v) is 5.68. The van der Waals surface area contributed by atoms with E-state index >= 15 is 0 Å². The molecule has 2 aromatic carbocycles. The molecule has 166 valence electrons. The van der Waals surface area contributed by atoms with Crippen LogP contribution in [0.4, 0.5) is 4.39 Å². The summed E-state index contributed by atoms with van der Waals surface area (Å²) in [7, 11) is 3.11. The van der Waals surface area contributed by atoms with Crippen molar-refractivity contribution in [3.05, 3.63) is 57.9 Å². The van der Waals surface area contributed by atoms with E-state index in [0.717, 1.165) is 5.56 Å². The minimum absolute atomic E-state index is 0.0283. The van der Waals surface area contributed by atoms with Gasteiger partial charge in [-0.05, 0) is 49.1 Å². The van der Waals surface area contributed by atoms with Gasteiger partial charge in [0.2, 0.25) is 0 Å². The zero-order valence-corrected chi connectivity index (χ0v) is 18.5. The molecule has 1 aliphatic rings. The highest BCUT2D eigenvalue weighted by molar-refractivity contribution is 6.34. The van der Waals surface area contributed by atoms with Crippen molar-refractivity contribution in [1.29, 1.82) is 0 Å². The summed E-state index contributed by atoms with van der Waals surface area (Å²) in [6, 6.07) is 7.71. The maximum absolute atomic E-state index is 14.5. The lowest BCUT2D eigenvalue weighted by atomic mass is 10.1. The van der Waals surface area contributed by atoms with E-state index in [-0.39, 0.29) is 17.2 Å². The van der Waals surface area contributed by atoms with Crippen LogP contribution in [0.3, 0.4) is 0 Å². The molecule has 1 atom stereocenters. The summed E-state index contributed by atoms with van der Waals surface area (Å²) >= 11 is 6.08. The zero-order chi connectivity index (χ0) is 22.5. The number of halogens is 2. The smallest absolute Gasteiger partial charge is 0.328 e. The third-order valence-electron chi connectivity index (χ3n) is 5.37. The first kappa shape index (κ1) is 22.9. The van der Waals surface area contributed by atoms with E-state index in [1.807, 2.05) is 12.1 Å². The molecule has 3 rings (SSSR count). The number of methoxy groups -OCH3 is 2. The number of carbonyl (C=O) groups excluding carboxylic acids is 2. The zero-order valence-electron chi connectivity index (χ0n) is 17.7. The van der Waals surface area contributed by atoms with Crippen LogP contribution in [0.1, 0.15) is 34.3 Å². The summed E-state index contributed by atoms with van der Waals surface area (Å²) in [4.78, 5) is 27.0. The van der Waals surface area contributed by atoms with Gasteiger partial charge in [0, 0.05) is 13.0 Å². The summed E-state index contributed by atoms with van der Waals surface area (Å²) in [5, 5.41) is 0.0283. The predicted molar refractivity (Wildman–Crippen MR) is 114 cm³/mol. The van der Waals surface area contributed by atoms with Crippen LogP contribution in [0.2, 0.25) is 5.02 Å². The first-order valence-electron chi connectivity index (χ1n) is 10.0. The van der Waals surface area contributed by atoms with Crippen LogP contribution in [0.25, 0.3) is 0 Å². The van der Waals surface area contributed by atoms with E-state index in [1.165, 1.54) is 17.0 Å². The number of benzene rings is 2. The molecule has 31 heavy (non-hydrogen) atoms. The summed E-state index contributed by atoms with van der Waals surface area (Å²) < 4.78 is 30.5. The van der Waals surface area contributed by atoms with Crippen LogP contribution in [0.15, 0.2) is 30.3 Å². The summed E-state index contributed by atoms with van der Waals surface area (Å²) in [5.41, 5.74) is 1.03.